The number of nitrogens with one attached hydrogen (secondary N) is 1. The first-order valence-electron chi connectivity index (χ1n) is 3.78. The topological polar surface area (TPSA) is 55.4 Å². The summed E-state index contributed by atoms with van der Waals surface area (Å²) in [6.45, 7) is 0. The largest absolute Gasteiger partial charge is 0.495 e. The average molecular weight is 236 g/mol. The normalized spacial score (nSPS) is 11.4. The Morgan fingerprint density at radius 1 is 1.43 bits per heavy atom. The first kappa shape index (κ1) is 11.3. The van der Waals surface area contributed by atoms with Crippen LogP contribution in [0.1, 0.15) is 0 Å². The molecule has 0 atom stereocenters. The fourth-order valence-electron chi connectivity index (χ4n) is 0.971. The molecule has 0 saturated heterocycles. The molecular weight excluding hydrogens is 226 g/mol. The molecule has 1 aromatic rings. The zero-order valence-electron chi connectivity index (χ0n) is 7.74. The van der Waals surface area contributed by atoms with Crippen LogP contribution in [0.5, 0.6) is 5.75 Å². The van der Waals surface area contributed by atoms with Crippen molar-refractivity contribution < 1.29 is 13.2 Å². The third-order valence-corrected chi connectivity index (χ3v) is 3.35. The molecule has 0 radical (unpaired) electrons. The van der Waals surface area contributed by atoms with E-state index in [1.54, 1.807) is 6.07 Å². The van der Waals surface area contributed by atoms with Crippen molar-refractivity contribution >= 4 is 21.6 Å². The van der Waals surface area contributed by atoms with Crippen LogP contribution in [0.2, 0.25) is 5.02 Å². The highest BCUT2D eigenvalue weighted by Gasteiger charge is 2.17. The number of hydrogen-bond donors (Lipinski definition) is 1. The van der Waals surface area contributed by atoms with Crippen molar-refractivity contribution in [3.63, 3.8) is 0 Å². The maximum atomic E-state index is 11.5. The van der Waals surface area contributed by atoms with Gasteiger partial charge in [0.05, 0.1) is 7.11 Å². The SMILES string of the molecule is CNS(=O)(=O)c1cc(Cl)ccc1OC. The van der Waals surface area contributed by atoms with Gasteiger partial charge in [0.1, 0.15) is 10.6 Å². The third-order valence-electron chi connectivity index (χ3n) is 1.68. The summed E-state index contributed by atoms with van der Waals surface area (Å²) < 4.78 is 30.1. The Balaban J connectivity index is 3.39. The second kappa shape index (κ2) is 4.16. The first-order chi connectivity index (χ1) is 6.51. The highest BCUT2D eigenvalue weighted by molar-refractivity contribution is 7.89. The van der Waals surface area contributed by atoms with Crippen LogP contribution in [0.15, 0.2) is 23.1 Å². The number of benzene rings is 1. The van der Waals surface area contributed by atoms with Gasteiger partial charge in [0.15, 0.2) is 0 Å². The number of methoxy groups -OCH3 is 1. The summed E-state index contributed by atoms with van der Waals surface area (Å²) in [5.74, 6) is 0.267. The molecule has 78 valence electrons. The van der Waals surface area contributed by atoms with E-state index in [9.17, 15) is 8.42 Å². The lowest BCUT2D eigenvalue weighted by Crippen LogP contribution is -2.19. The number of rotatable bonds is 3. The minimum Gasteiger partial charge on any atom is -0.495 e. The van der Waals surface area contributed by atoms with E-state index >= 15 is 0 Å². The number of ether oxygens (including phenoxy) is 1. The van der Waals surface area contributed by atoms with Crippen molar-refractivity contribution in [1.82, 2.24) is 4.72 Å². The Bertz CT molecular complexity index is 430. The molecule has 0 aromatic heterocycles. The van der Waals surface area contributed by atoms with Crippen molar-refractivity contribution in [3.8, 4) is 5.75 Å². The molecule has 1 N–H and O–H groups in total. The summed E-state index contributed by atoms with van der Waals surface area (Å²) in [5, 5.41) is 0.347. The van der Waals surface area contributed by atoms with Gasteiger partial charge in [0.2, 0.25) is 10.0 Å². The zero-order valence-corrected chi connectivity index (χ0v) is 9.32. The molecule has 1 rings (SSSR count). The summed E-state index contributed by atoms with van der Waals surface area (Å²) in [6, 6.07) is 4.41. The fourth-order valence-corrected chi connectivity index (χ4v) is 2.13. The Hall–Kier alpha value is -0.780. The molecule has 0 aliphatic carbocycles. The molecule has 0 amide bonds. The first-order valence-corrected chi connectivity index (χ1v) is 5.64. The van der Waals surface area contributed by atoms with Gasteiger partial charge in [0, 0.05) is 5.02 Å². The number of sulfonamides is 1. The predicted octanol–water partition coefficient (Wildman–Crippen LogP) is 1.26. The van der Waals surface area contributed by atoms with Crippen LogP contribution in [0.3, 0.4) is 0 Å². The number of halogens is 1. The summed E-state index contributed by atoms with van der Waals surface area (Å²) in [6.07, 6.45) is 0. The second-order valence-corrected chi connectivity index (χ2v) is 4.79. The van der Waals surface area contributed by atoms with Crippen molar-refractivity contribution in [2.45, 2.75) is 4.90 Å². The van der Waals surface area contributed by atoms with Gasteiger partial charge in [-0.3, -0.25) is 0 Å². The molecule has 0 unspecified atom stereocenters. The van der Waals surface area contributed by atoms with Gasteiger partial charge in [-0.05, 0) is 25.2 Å². The molecular formula is C8H10ClNO3S. The van der Waals surface area contributed by atoms with E-state index in [0.717, 1.165) is 0 Å². The monoisotopic (exact) mass is 235 g/mol. The summed E-state index contributed by atoms with van der Waals surface area (Å²) in [5.41, 5.74) is 0. The van der Waals surface area contributed by atoms with Crippen molar-refractivity contribution in [1.29, 1.82) is 0 Å². The van der Waals surface area contributed by atoms with Gasteiger partial charge in [-0.1, -0.05) is 11.6 Å². The molecule has 0 fully saturated rings. The Labute approximate surface area is 87.9 Å². The molecule has 0 bridgehead atoms. The van der Waals surface area contributed by atoms with Crippen molar-refractivity contribution in [2.24, 2.45) is 0 Å². The highest BCUT2D eigenvalue weighted by Crippen LogP contribution is 2.26. The maximum absolute atomic E-state index is 11.5. The van der Waals surface area contributed by atoms with Crippen LogP contribution < -0.4 is 9.46 Å². The smallest absolute Gasteiger partial charge is 0.244 e. The standard InChI is InChI=1S/C8H10ClNO3S/c1-10-14(11,12)8-5-6(9)3-4-7(8)13-2/h3-5,10H,1-2H3. The Morgan fingerprint density at radius 3 is 2.57 bits per heavy atom. The Morgan fingerprint density at radius 2 is 2.07 bits per heavy atom. The molecule has 0 saturated carbocycles. The third kappa shape index (κ3) is 2.17. The minimum absolute atomic E-state index is 0.0370. The fraction of sp³-hybridized carbons (Fsp3) is 0.250. The van der Waals surface area contributed by atoms with Crippen LogP contribution in [-0.2, 0) is 10.0 Å². The molecule has 4 nitrogen and oxygen atoms in total. The van der Waals surface area contributed by atoms with Crippen molar-refractivity contribution in [2.75, 3.05) is 14.2 Å². The molecule has 0 aliphatic heterocycles. The minimum atomic E-state index is -3.52. The lowest BCUT2D eigenvalue weighted by Gasteiger charge is -2.08. The summed E-state index contributed by atoms with van der Waals surface area (Å²) >= 11 is 5.69. The van der Waals surface area contributed by atoms with E-state index in [2.05, 4.69) is 4.72 Å². The van der Waals surface area contributed by atoms with E-state index in [1.807, 2.05) is 0 Å². The van der Waals surface area contributed by atoms with Gasteiger partial charge in [-0.2, -0.15) is 0 Å². The molecule has 0 heterocycles. The summed E-state index contributed by atoms with van der Waals surface area (Å²) in [4.78, 5) is 0.0370. The Kier molecular flexibility index (Phi) is 3.36. The molecule has 1 aromatic carbocycles. The van der Waals surface area contributed by atoms with Gasteiger partial charge in [-0.25, -0.2) is 13.1 Å². The number of hydrogen-bond acceptors (Lipinski definition) is 3. The zero-order chi connectivity index (χ0) is 10.8. The van der Waals surface area contributed by atoms with Gasteiger partial charge in [-0.15, -0.1) is 0 Å². The second-order valence-electron chi connectivity index (χ2n) is 2.50. The lowest BCUT2D eigenvalue weighted by molar-refractivity contribution is 0.402. The molecule has 0 spiro atoms. The molecule has 14 heavy (non-hydrogen) atoms. The van der Waals surface area contributed by atoms with Crippen LogP contribution in [0.4, 0.5) is 0 Å². The van der Waals surface area contributed by atoms with Crippen LogP contribution in [0.25, 0.3) is 0 Å². The molecule has 0 aliphatic rings. The van der Waals surface area contributed by atoms with Gasteiger partial charge in [0.25, 0.3) is 0 Å². The maximum Gasteiger partial charge on any atom is 0.244 e. The van der Waals surface area contributed by atoms with E-state index in [-0.39, 0.29) is 10.6 Å². The van der Waals surface area contributed by atoms with E-state index < -0.39 is 10.0 Å². The summed E-state index contributed by atoms with van der Waals surface area (Å²) in [7, 11) is -0.793. The van der Waals surface area contributed by atoms with E-state index in [4.69, 9.17) is 16.3 Å². The predicted molar refractivity (Wildman–Crippen MR) is 54.2 cm³/mol. The van der Waals surface area contributed by atoms with Crippen LogP contribution in [-0.4, -0.2) is 22.6 Å². The highest BCUT2D eigenvalue weighted by atomic mass is 35.5. The van der Waals surface area contributed by atoms with E-state index in [1.165, 1.54) is 26.3 Å². The van der Waals surface area contributed by atoms with Crippen LogP contribution in [0, 0.1) is 0 Å². The molecule has 6 heteroatoms. The van der Waals surface area contributed by atoms with E-state index in [0.29, 0.717) is 5.02 Å². The lowest BCUT2D eigenvalue weighted by atomic mass is 10.3. The van der Waals surface area contributed by atoms with Gasteiger partial charge < -0.3 is 4.74 Å². The van der Waals surface area contributed by atoms with Crippen LogP contribution >= 0.6 is 11.6 Å². The quantitative estimate of drug-likeness (QED) is 0.858. The average Bonchev–Trinajstić information content (AvgIpc) is 2.18. The van der Waals surface area contributed by atoms with Gasteiger partial charge >= 0.3 is 0 Å². The van der Waals surface area contributed by atoms with Crippen molar-refractivity contribution in [3.05, 3.63) is 23.2 Å².